The second-order valence-corrected chi connectivity index (χ2v) is 11.5. The third kappa shape index (κ3) is 9.68. The number of nitrogens with one attached hydrogen (secondary N) is 1. The molecule has 196 valence electrons. The summed E-state index contributed by atoms with van der Waals surface area (Å²) in [6.45, 7) is 2.86. The molecular formula is C29H31BrCl2N2O2S. The molecular weight excluding hydrogens is 591 g/mol. The van der Waals surface area contributed by atoms with E-state index in [0.29, 0.717) is 28.8 Å². The molecule has 0 bridgehead atoms. The number of unbranched alkanes of at least 4 members (excludes halogenated alkanes) is 1. The van der Waals surface area contributed by atoms with Crippen LogP contribution in [-0.4, -0.2) is 35.1 Å². The van der Waals surface area contributed by atoms with Crippen molar-refractivity contribution in [3.63, 3.8) is 0 Å². The fraction of sp³-hybridized carbons (Fsp3) is 0.310. The van der Waals surface area contributed by atoms with Gasteiger partial charge in [-0.2, -0.15) is 0 Å². The van der Waals surface area contributed by atoms with Crippen molar-refractivity contribution in [1.82, 2.24) is 10.2 Å². The molecule has 0 aliphatic carbocycles. The first-order valence-electron chi connectivity index (χ1n) is 12.2. The first-order chi connectivity index (χ1) is 17.9. The first kappa shape index (κ1) is 29.6. The SMILES string of the molecule is CCCCNC(=O)[C@@H](Cc1ccccc1)N(Cc1ccc(Cl)cc1Cl)C(=O)CSCc1ccc(Br)cc1. The highest BCUT2D eigenvalue weighted by Gasteiger charge is 2.30. The molecule has 0 aromatic heterocycles. The summed E-state index contributed by atoms with van der Waals surface area (Å²) in [5.41, 5.74) is 2.86. The van der Waals surface area contributed by atoms with Gasteiger partial charge in [-0.1, -0.05) is 101 Å². The highest BCUT2D eigenvalue weighted by Crippen LogP contribution is 2.25. The summed E-state index contributed by atoms with van der Waals surface area (Å²) < 4.78 is 1.01. The van der Waals surface area contributed by atoms with Crippen LogP contribution in [0.25, 0.3) is 0 Å². The van der Waals surface area contributed by atoms with Gasteiger partial charge in [-0.15, -0.1) is 11.8 Å². The predicted molar refractivity (Wildman–Crippen MR) is 159 cm³/mol. The van der Waals surface area contributed by atoms with Gasteiger partial charge in [0.1, 0.15) is 6.04 Å². The van der Waals surface area contributed by atoms with Crippen LogP contribution in [0.1, 0.15) is 36.5 Å². The number of amides is 2. The van der Waals surface area contributed by atoms with Gasteiger partial charge in [-0.3, -0.25) is 9.59 Å². The molecule has 0 aliphatic heterocycles. The number of hydrogen-bond donors (Lipinski definition) is 1. The van der Waals surface area contributed by atoms with Crippen molar-refractivity contribution in [2.75, 3.05) is 12.3 Å². The Bertz CT molecular complexity index is 1160. The quantitative estimate of drug-likeness (QED) is 0.201. The molecule has 0 radical (unpaired) electrons. The number of carbonyl (C=O) groups excluding carboxylic acids is 2. The van der Waals surface area contributed by atoms with E-state index in [0.717, 1.165) is 34.0 Å². The summed E-state index contributed by atoms with van der Waals surface area (Å²) >= 11 is 17.6. The van der Waals surface area contributed by atoms with Crippen molar-refractivity contribution in [3.8, 4) is 0 Å². The van der Waals surface area contributed by atoms with Crippen LogP contribution in [0.2, 0.25) is 10.0 Å². The Kier molecular flexibility index (Phi) is 12.3. The standard InChI is InChI=1S/C29H31BrCl2N2O2S/c1-2-3-15-33-29(36)27(16-21-7-5-4-6-8-21)34(18-23-11-14-25(31)17-26(23)32)28(35)20-37-19-22-9-12-24(30)13-10-22/h4-14,17,27H,2-3,15-16,18-20H2,1H3,(H,33,36)/t27-/m1/s1. The third-order valence-electron chi connectivity index (χ3n) is 5.86. The number of halogens is 3. The molecule has 1 N–H and O–H groups in total. The smallest absolute Gasteiger partial charge is 0.243 e. The van der Waals surface area contributed by atoms with E-state index in [2.05, 4.69) is 28.2 Å². The molecule has 0 spiro atoms. The van der Waals surface area contributed by atoms with Gasteiger partial charge in [-0.05, 0) is 47.4 Å². The lowest BCUT2D eigenvalue weighted by atomic mass is 10.0. The number of rotatable bonds is 13. The monoisotopic (exact) mass is 620 g/mol. The molecule has 0 fully saturated rings. The van der Waals surface area contributed by atoms with Crippen LogP contribution < -0.4 is 5.32 Å². The fourth-order valence-corrected chi connectivity index (χ4v) is 5.42. The fourth-order valence-electron chi connectivity index (χ4n) is 3.81. The maximum absolute atomic E-state index is 13.7. The lowest BCUT2D eigenvalue weighted by Crippen LogP contribution is -2.51. The minimum absolute atomic E-state index is 0.111. The van der Waals surface area contributed by atoms with Crippen molar-refractivity contribution < 1.29 is 9.59 Å². The molecule has 37 heavy (non-hydrogen) atoms. The third-order valence-corrected chi connectivity index (χ3v) is 7.97. The van der Waals surface area contributed by atoms with Crippen molar-refractivity contribution >= 4 is 62.7 Å². The van der Waals surface area contributed by atoms with E-state index in [9.17, 15) is 9.59 Å². The molecule has 4 nitrogen and oxygen atoms in total. The Hall–Kier alpha value is -1.99. The maximum atomic E-state index is 13.7. The molecule has 3 aromatic carbocycles. The van der Waals surface area contributed by atoms with Gasteiger partial charge in [0.05, 0.1) is 5.75 Å². The van der Waals surface area contributed by atoms with Gasteiger partial charge in [0.2, 0.25) is 11.8 Å². The Labute approximate surface area is 242 Å². The molecule has 1 atom stereocenters. The van der Waals surface area contributed by atoms with Crippen LogP contribution in [0, 0.1) is 0 Å². The Morgan fingerprint density at radius 3 is 2.41 bits per heavy atom. The van der Waals surface area contributed by atoms with Gasteiger partial charge in [0.15, 0.2) is 0 Å². The minimum atomic E-state index is -0.674. The van der Waals surface area contributed by atoms with E-state index in [1.165, 1.54) is 11.8 Å². The summed E-state index contributed by atoms with van der Waals surface area (Å²) in [6, 6.07) is 22.4. The average Bonchev–Trinajstić information content (AvgIpc) is 2.89. The zero-order valence-electron chi connectivity index (χ0n) is 20.8. The molecule has 3 aromatic rings. The minimum Gasteiger partial charge on any atom is -0.354 e. The second kappa shape index (κ2) is 15.4. The van der Waals surface area contributed by atoms with Crippen LogP contribution in [0.4, 0.5) is 0 Å². The van der Waals surface area contributed by atoms with Crippen LogP contribution in [0.3, 0.4) is 0 Å². The topological polar surface area (TPSA) is 49.4 Å². The largest absolute Gasteiger partial charge is 0.354 e. The van der Waals surface area contributed by atoms with E-state index in [-0.39, 0.29) is 24.1 Å². The number of benzene rings is 3. The van der Waals surface area contributed by atoms with E-state index in [1.54, 1.807) is 17.0 Å². The van der Waals surface area contributed by atoms with E-state index < -0.39 is 6.04 Å². The summed E-state index contributed by atoms with van der Waals surface area (Å²) in [6.07, 6.45) is 2.26. The second-order valence-electron chi connectivity index (χ2n) is 8.73. The van der Waals surface area contributed by atoms with Crippen LogP contribution in [0.15, 0.2) is 77.3 Å². The molecule has 0 unspecified atom stereocenters. The van der Waals surface area contributed by atoms with Crippen LogP contribution >= 0.6 is 50.9 Å². The summed E-state index contributed by atoms with van der Waals surface area (Å²) in [4.78, 5) is 28.8. The Morgan fingerprint density at radius 1 is 1.00 bits per heavy atom. The van der Waals surface area contributed by atoms with E-state index in [4.69, 9.17) is 23.2 Å². The predicted octanol–water partition coefficient (Wildman–Crippen LogP) is 7.55. The van der Waals surface area contributed by atoms with Gasteiger partial charge < -0.3 is 10.2 Å². The molecule has 2 amide bonds. The van der Waals surface area contributed by atoms with Crippen LogP contribution in [-0.2, 0) is 28.3 Å². The Balaban J connectivity index is 1.85. The highest BCUT2D eigenvalue weighted by atomic mass is 79.9. The van der Waals surface area contributed by atoms with Gasteiger partial charge in [0.25, 0.3) is 0 Å². The molecule has 0 aliphatic rings. The summed E-state index contributed by atoms with van der Waals surface area (Å²) in [7, 11) is 0. The maximum Gasteiger partial charge on any atom is 0.243 e. The van der Waals surface area contributed by atoms with Gasteiger partial charge in [-0.25, -0.2) is 0 Å². The molecule has 3 rings (SSSR count). The zero-order valence-corrected chi connectivity index (χ0v) is 24.7. The number of thioether (sulfide) groups is 1. The number of nitrogens with zero attached hydrogens (tertiary/aromatic N) is 1. The van der Waals surface area contributed by atoms with Gasteiger partial charge >= 0.3 is 0 Å². The lowest BCUT2D eigenvalue weighted by Gasteiger charge is -2.32. The van der Waals surface area contributed by atoms with Crippen molar-refractivity contribution in [3.05, 3.63) is 104 Å². The molecule has 8 heteroatoms. The molecule has 0 heterocycles. The summed E-state index contributed by atoms with van der Waals surface area (Å²) in [5.74, 6) is 0.670. The van der Waals surface area contributed by atoms with Gasteiger partial charge in [0, 0.05) is 39.8 Å². The van der Waals surface area contributed by atoms with E-state index >= 15 is 0 Å². The molecule has 0 saturated heterocycles. The van der Waals surface area contributed by atoms with Crippen molar-refractivity contribution in [1.29, 1.82) is 0 Å². The average molecular weight is 622 g/mol. The first-order valence-corrected chi connectivity index (χ1v) is 14.9. The van der Waals surface area contributed by atoms with Crippen molar-refractivity contribution in [2.24, 2.45) is 0 Å². The summed E-state index contributed by atoms with van der Waals surface area (Å²) in [5, 5.41) is 4.03. The van der Waals surface area contributed by atoms with Crippen molar-refractivity contribution in [2.45, 2.75) is 44.5 Å². The molecule has 0 saturated carbocycles. The Morgan fingerprint density at radius 2 is 1.73 bits per heavy atom. The number of carbonyl (C=O) groups is 2. The lowest BCUT2D eigenvalue weighted by molar-refractivity contribution is -0.139. The van der Waals surface area contributed by atoms with E-state index in [1.807, 2.05) is 60.7 Å². The normalized spacial score (nSPS) is 11.7. The number of hydrogen-bond acceptors (Lipinski definition) is 3. The van der Waals surface area contributed by atoms with Crippen LogP contribution in [0.5, 0.6) is 0 Å². The zero-order chi connectivity index (χ0) is 26.6. The highest BCUT2D eigenvalue weighted by molar-refractivity contribution is 9.10.